The van der Waals surface area contributed by atoms with Gasteiger partial charge in [0.05, 0.1) is 0 Å². The van der Waals surface area contributed by atoms with Gasteiger partial charge >= 0.3 is 5.97 Å². The number of carbonyl (C=O) groups excluding carboxylic acids is 1. The lowest BCUT2D eigenvalue weighted by atomic mass is 10.0. The summed E-state index contributed by atoms with van der Waals surface area (Å²) in [7, 11) is 0. The zero-order valence-corrected chi connectivity index (χ0v) is 14.5. The van der Waals surface area contributed by atoms with E-state index < -0.39 is 6.04 Å². The van der Waals surface area contributed by atoms with Crippen LogP contribution in [-0.2, 0) is 9.53 Å². The molecule has 0 spiro atoms. The highest BCUT2D eigenvalue weighted by Crippen LogP contribution is 2.30. The molecular weight excluding hydrogens is 317 g/mol. The number of nitrogens with zero attached hydrogens (tertiary/aromatic N) is 1. The lowest BCUT2D eigenvalue weighted by molar-refractivity contribution is -0.156. The second-order valence-electron chi connectivity index (χ2n) is 6.51. The number of carbonyl (C=O) groups is 1. The maximum atomic E-state index is 14.4. The third-order valence-electron chi connectivity index (χ3n) is 4.74. The molecule has 0 radical (unpaired) electrons. The minimum Gasteiger partial charge on any atom is -0.456 e. The molecular formula is C21H24FNO2. The molecule has 2 atom stereocenters. The molecule has 2 aromatic rings. The number of likely N-dealkylation sites (tertiary alicyclic amines) is 1. The smallest absolute Gasteiger partial charge is 0.328 e. The average Bonchev–Trinajstić information content (AvgIpc) is 2.65. The standard InChI is InChI=1S/C21H24FNO2/c1-16(17-10-4-2-5-11-17)25-21(24)20(23-14-8-3-9-15-23)18-12-6-7-13-19(18)22/h2,4-7,10-13,16,20H,3,8-9,14-15H2,1H3/t16-,20?/m0/s1. The molecule has 0 N–H and O–H groups in total. The van der Waals surface area contributed by atoms with Crippen LogP contribution in [0.1, 0.15) is 49.5 Å². The van der Waals surface area contributed by atoms with E-state index in [0.29, 0.717) is 5.56 Å². The van der Waals surface area contributed by atoms with Crippen LogP contribution in [0, 0.1) is 5.82 Å². The Kier molecular flexibility index (Phi) is 5.82. The first-order valence-electron chi connectivity index (χ1n) is 8.90. The Bertz CT molecular complexity index is 698. The second kappa shape index (κ2) is 8.26. The van der Waals surface area contributed by atoms with Crippen LogP contribution >= 0.6 is 0 Å². The lowest BCUT2D eigenvalue weighted by Crippen LogP contribution is -2.39. The number of hydrogen-bond donors (Lipinski definition) is 0. The number of benzene rings is 2. The number of esters is 1. The van der Waals surface area contributed by atoms with Crippen molar-refractivity contribution in [3.8, 4) is 0 Å². The van der Waals surface area contributed by atoms with Gasteiger partial charge in [-0.25, -0.2) is 9.18 Å². The molecule has 132 valence electrons. The summed E-state index contributed by atoms with van der Waals surface area (Å²) in [5.41, 5.74) is 1.33. The lowest BCUT2D eigenvalue weighted by Gasteiger charge is -2.34. The summed E-state index contributed by atoms with van der Waals surface area (Å²) in [6.07, 6.45) is 2.82. The normalized spacial score (nSPS) is 17.7. The van der Waals surface area contributed by atoms with E-state index in [1.165, 1.54) is 6.07 Å². The van der Waals surface area contributed by atoms with Crippen LogP contribution in [0.15, 0.2) is 54.6 Å². The van der Waals surface area contributed by atoms with Gasteiger partial charge < -0.3 is 4.74 Å². The number of halogens is 1. The van der Waals surface area contributed by atoms with E-state index in [-0.39, 0.29) is 17.9 Å². The first-order valence-corrected chi connectivity index (χ1v) is 8.90. The Morgan fingerprint density at radius 3 is 2.32 bits per heavy atom. The average molecular weight is 341 g/mol. The Labute approximate surface area is 148 Å². The fourth-order valence-electron chi connectivity index (χ4n) is 3.38. The molecule has 0 aromatic heterocycles. The fourth-order valence-corrected chi connectivity index (χ4v) is 3.38. The third kappa shape index (κ3) is 4.26. The zero-order valence-electron chi connectivity index (χ0n) is 14.5. The number of rotatable bonds is 5. The van der Waals surface area contributed by atoms with E-state index >= 15 is 0 Å². The fraction of sp³-hybridized carbons (Fsp3) is 0.381. The molecule has 1 saturated heterocycles. The molecule has 2 aromatic carbocycles. The van der Waals surface area contributed by atoms with E-state index in [2.05, 4.69) is 0 Å². The van der Waals surface area contributed by atoms with Gasteiger partial charge in [0.25, 0.3) is 0 Å². The van der Waals surface area contributed by atoms with Gasteiger partial charge in [0.1, 0.15) is 18.0 Å². The Balaban J connectivity index is 1.83. The molecule has 25 heavy (non-hydrogen) atoms. The summed E-state index contributed by atoms with van der Waals surface area (Å²) in [6, 6.07) is 15.4. The third-order valence-corrected chi connectivity index (χ3v) is 4.74. The van der Waals surface area contributed by atoms with Crippen molar-refractivity contribution in [1.29, 1.82) is 0 Å². The minimum atomic E-state index is -0.687. The van der Waals surface area contributed by atoms with Gasteiger partial charge in [-0.15, -0.1) is 0 Å². The van der Waals surface area contributed by atoms with Crippen molar-refractivity contribution in [3.05, 3.63) is 71.5 Å². The predicted molar refractivity (Wildman–Crippen MR) is 95.5 cm³/mol. The van der Waals surface area contributed by atoms with Gasteiger partial charge in [0.15, 0.2) is 0 Å². The Morgan fingerprint density at radius 2 is 1.64 bits per heavy atom. The zero-order chi connectivity index (χ0) is 17.6. The summed E-state index contributed by atoms with van der Waals surface area (Å²) in [5, 5.41) is 0. The molecule has 1 heterocycles. The van der Waals surface area contributed by atoms with Gasteiger partial charge in [-0.3, -0.25) is 4.90 Å². The highest BCUT2D eigenvalue weighted by atomic mass is 19.1. The van der Waals surface area contributed by atoms with Crippen LogP contribution in [0.3, 0.4) is 0 Å². The summed E-state index contributed by atoms with van der Waals surface area (Å²) in [6.45, 7) is 3.42. The first kappa shape index (κ1) is 17.6. The SMILES string of the molecule is C[C@H](OC(=O)C(c1ccccc1F)N1CCCCC1)c1ccccc1. The van der Waals surface area contributed by atoms with E-state index in [0.717, 1.165) is 37.9 Å². The molecule has 1 aliphatic heterocycles. The molecule has 4 heteroatoms. The van der Waals surface area contributed by atoms with Crippen LogP contribution in [-0.4, -0.2) is 24.0 Å². The summed E-state index contributed by atoms with van der Waals surface area (Å²) >= 11 is 0. The molecule has 1 unspecified atom stereocenters. The van der Waals surface area contributed by atoms with Crippen molar-refractivity contribution in [2.24, 2.45) is 0 Å². The van der Waals surface area contributed by atoms with Crippen molar-refractivity contribution in [2.45, 2.75) is 38.3 Å². The molecule has 3 nitrogen and oxygen atoms in total. The van der Waals surface area contributed by atoms with Gasteiger partial charge in [-0.2, -0.15) is 0 Å². The topological polar surface area (TPSA) is 29.5 Å². The van der Waals surface area contributed by atoms with E-state index in [4.69, 9.17) is 4.74 Å². The second-order valence-corrected chi connectivity index (χ2v) is 6.51. The summed E-state index contributed by atoms with van der Waals surface area (Å²) in [4.78, 5) is 15.0. The van der Waals surface area contributed by atoms with Crippen LogP contribution in [0.25, 0.3) is 0 Å². The van der Waals surface area contributed by atoms with Gasteiger partial charge in [-0.1, -0.05) is 55.0 Å². The van der Waals surface area contributed by atoms with Crippen LogP contribution in [0.2, 0.25) is 0 Å². The molecule has 0 amide bonds. The highest BCUT2D eigenvalue weighted by molar-refractivity contribution is 5.78. The van der Waals surface area contributed by atoms with E-state index in [1.807, 2.05) is 42.2 Å². The van der Waals surface area contributed by atoms with Gasteiger partial charge in [0.2, 0.25) is 0 Å². The van der Waals surface area contributed by atoms with Crippen molar-refractivity contribution in [2.75, 3.05) is 13.1 Å². The largest absolute Gasteiger partial charge is 0.456 e. The van der Waals surface area contributed by atoms with Crippen LogP contribution in [0.4, 0.5) is 4.39 Å². The molecule has 3 rings (SSSR count). The van der Waals surface area contributed by atoms with E-state index in [9.17, 15) is 9.18 Å². The highest BCUT2D eigenvalue weighted by Gasteiger charge is 2.33. The minimum absolute atomic E-state index is 0.359. The quantitative estimate of drug-likeness (QED) is 0.741. The molecule has 1 aliphatic rings. The van der Waals surface area contributed by atoms with Gasteiger partial charge in [-0.05, 0) is 44.5 Å². The first-order chi connectivity index (χ1) is 12.2. The molecule has 0 aliphatic carbocycles. The van der Waals surface area contributed by atoms with Crippen molar-refractivity contribution < 1.29 is 13.9 Å². The summed E-state index contributed by atoms with van der Waals surface area (Å²) in [5.74, 6) is -0.745. The summed E-state index contributed by atoms with van der Waals surface area (Å²) < 4.78 is 20.1. The monoisotopic (exact) mass is 341 g/mol. The molecule has 0 saturated carbocycles. The number of ether oxygens (including phenoxy) is 1. The van der Waals surface area contributed by atoms with E-state index in [1.54, 1.807) is 18.2 Å². The maximum absolute atomic E-state index is 14.4. The number of hydrogen-bond acceptors (Lipinski definition) is 3. The Morgan fingerprint density at radius 1 is 1.00 bits per heavy atom. The van der Waals surface area contributed by atoms with Crippen molar-refractivity contribution in [1.82, 2.24) is 4.90 Å². The predicted octanol–water partition coefficient (Wildman–Crippen LogP) is 4.66. The molecule has 0 bridgehead atoms. The van der Waals surface area contributed by atoms with Crippen LogP contribution < -0.4 is 0 Å². The Hall–Kier alpha value is -2.20. The van der Waals surface area contributed by atoms with Crippen LogP contribution in [0.5, 0.6) is 0 Å². The number of piperidine rings is 1. The maximum Gasteiger partial charge on any atom is 0.328 e. The van der Waals surface area contributed by atoms with Gasteiger partial charge in [0, 0.05) is 5.56 Å². The van der Waals surface area contributed by atoms with Crippen molar-refractivity contribution in [3.63, 3.8) is 0 Å². The van der Waals surface area contributed by atoms with Crippen molar-refractivity contribution >= 4 is 5.97 Å². The molecule has 1 fully saturated rings.